The van der Waals surface area contributed by atoms with Crippen LogP contribution in [0.25, 0.3) is 10.9 Å². The summed E-state index contributed by atoms with van der Waals surface area (Å²) < 4.78 is 48.7. The maximum Gasteiger partial charge on any atom is 0.274 e. The second kappa shape index (κ2) is 8.22. The van der Waals surface area contributed by atoms with Crippen LogP contribution in [0.4, 0.5) is 4.39 Å². The van der Waals surface area contributed by atoms with Gasteiger partial charge in [0, 0.05) is 31.5 Å². The number of sulfonamides is 1. The lowest BCUT2D eigenvalue weighted by atomic mass is 10.1. The lowest BCUT2D eigenvalue weighted by Crippen LogP contribution is -2.29. The summed E-state index contributed by atoms with van der Waals surface area (Å²) in [6.45, 7) is 4.65. The van der Waals surface area contributed by atoms with Crippen LogP contribution in [0.2, 0.25) is 0 Å². The zero-order valence-corrected chi connectivity index (χ0v) is 18.3. The molecule has 8 nitrogen and oxygen atoms in total. The summed E-state index contributed by atoms with van der Waals surface area (Å²) in [6.07, 6.45) is 1.67. The molecule has 0 unspecified atom stereocenters. The van der Waals surface area contributed by atoms with Gasteiger partial charge < -0.3 is 9.84 Å². The monoisotopic (exact) mass is 454 g/mol. The molecule has 3 heterocycles. The van der Waals surface area contributed by atoms with Crippen molar-refractivity contribution >= 4 is 32.3 Å². The predicted octanol–water partition coefficient (Wildman–Crippen LogP) is 2.45. The number of hydrogen-bond acceptors (Lipinski definition) is 7. The van der Waals surface area contributed by atoms with Gasteiger partial charge in [0.25, 0.3) is 15.2 Å². The number of fused-ring (bicyclic) bond motifs is 1. The minimum Gasteiger partial charge on any atom is -0.470 e. The van der Waals surface area contributed by atoms with Crippen LogP contribution in [0, 0.1) is 11.7 Å². The lowest BCUT2D eigenvalue weighted by molar-refractivity contribution is 0.297. The molecule has 0 saturated carbocycles. The Bertz CT molecular complexity index is 1160. The van der Waals surface area contributed by atoms with E-state index in [2.05, 4.69) is 10.1 Å². The van der Waals surface area contributed by atoms with Crippen molar-refractivity contribution in [3.63, 3.8) is 0 Å². The largest absolute Gasteiger partial charge is 0.470 e. The zero-order chi connectivity index (χ0) is 21.5. The summed E-state index contributed by atoms with van der Waals surface area (Å²) in [6, 6.07) is 4.17. The van der Waals surface area contributed by atoms with Gasteiger partial charge in [-0.3, -0.25) is 4.68 Å². The van der Waals surface area contributed by atoms with Gasteiger partial charge in [-0.05, 0) is 31.0 Å². The molecule has 0 radical (unpaired) electrons. The number of ether oxygens (including phenoxy) is 1. The molecule has 0 bridgehead atoms. The first-order valence-corrected chi connectivity index (χ1v) is 12.0. The van der Waals surface area contributed by atoms with Crippen molar-refractivity contribution < 1.29 is 22.7 Å². The fraction of sp³-hybridized carbons (Fsp3) is 0.474. The van der Waals surface area contributed by atoms with Crippen molar-refractivity contribution in [1.29, 1.82) is 0 Å². The Morgan fingerprint density at radius 2 is 2.17 bits per heavy atom. The molecule has 11 heteroatoms. The number of thiazole rings is 1. The second-order valence-corrected chi connectivity index (χ2v) is 10.4. The molecule has 1 N–H and O–H groups in total. The van der Waals surface area contributed by atoms with E-state index in [1.54, 1.807) is 10.7 Å². The Balaban J connectivity index is 1.67. The van der Waals surface area contributed by atoms with Crippen LogP contribution in [0.1, 0.15) is 25.6 Å². The maximum atomic E-state index is 13.9. The SMILES string of the molecule is CCOc1ncc(S(=O)(=O)N2C[C@@H](C)[C@@H](n3nc(CCO)c4ccc(F)cc43)C2)s1. The number of rotatable bonds is 7. The number of benzene rings is 1. The number of aromatic nitrogens is 3. The molecule has 2 aromatic heterocycles. The average molecular weight is 455 g/mol. The van der Waals surface area contributed by atoms with Crippen LogP contribution in [-0.2, 0) is 16.4 Å². The molecular weight excluding hydrogens is 431 g/mol. The molecule has 0 spiro atoms. The topological polar surface area (TPSA) is 97.6 Å². The highest BCUT2D eigenvalue weighted by Gasteiger charge is 2.40. The second-order valence-electron chi connectivity index (χ2n) is 7.27. The summed E-state index contributed by atoms with van der Waals surface area (Å²) in [5, 5.41) is 15.0. The van der Waals surface area contributed by atoms with Crippen LogP contribution < -0.4 is 4.74 Å². The third-order valence-corrected chi connectivity index (χ3v) is 8.45. The smallest absolute Gasteiger partial charge is 0.274 e. The molecule has 1 fully saturated rings. The quantitative estimate of drug-likeness (QED) is 0.589. The number of nitrogens with zero attached hydrogens (tertiary/aromatic N) is 4. The minimum atomic E-state index is -3.72. The van der Waals surface area contributed by atoms with Gasteiger partial charge in [0.15, 0.2) is 4.21 Å². The molecule has 1 saturated heterocycles. The highest BCUT2D eigenvalue weighted by atomic mass is 32.2. The van der Waals surface area contributed by atoms with E-state index < -0.39 is 10.0 Å². The summed E-state index contributed by atoms with van der Waals surface area (Å²) >= 11 is 1.00. The van der Waals surface area contributed by atoms with Gasteiger partial charge in [0.2, 0.25) is 0 Å². The molecule has 30 heavy (non-hydrogen) atoms. The number of aliphatic hydroxyl groups is 1. The Morgan fingerprint density at radius 3 is 2.90 bits per heavy atom. The van der Waals surface area contributed by atoms with E-state index in [0.717, 1.165) is 16.7 Å². The molecule has 4 rings (SSSR count). The van der Waals surface area contributed by atoms with Crippen molar-refractivity contribution in [3.05, 3.63) is 35.9 Å². The summed E-state index contributed by atoms with van der Waals surface area (Å²) in [5.74, 6) is -0.421. The molecule has 1 aliphatic heterocycles. The van der Waals surface area contributed by atoms with E-state index >= 15 is 0 Å². The van der Waals surface area contributed by atoms with Crippen molar-refractivity contribution in [3.8, 4) is 5.19 Å². The molecule has 0 amide bonds. The van der Waals surface area contributed by atoms with Crippen LogP contribution in [0.15, 0.2) is 28.6 Å². The summed E-state index contributed by atoms with van der Waals surface area (Å²) in [4.78, 5) is 4.02. The first-order chi connectivity index (χ1) is 14.3. The van der Waals surface area contributed by atoms with E-state index in [1.165, 1.54) is 22.6 Å². The molecule has 1 aliphatic rings. The standard InChI is InChI=1S/C19H23FN4O4S2/c1-3-28-19-21-9-18(29-19)30(26,27)23-10-12(2)17(11-23)24-16-8-13(20)4-5-14(16)15(22-24)6-7-25/h4-5,8-9,12,17,25H,3,6-7,10-11H2,1-2H3/t12-,17+/m1/s1. The van der Waals surface area contributed by atoms with Crippen molar-refractivity contribution in [2.75, 3.05) is 26.3 Å². The zero-order valence-electron chi connectivity index (χ0n) is 16.7. The molecule has 0 aliphatic carbocycles. The van der Waals surface area contributed by atoms with E-state index in [-0.39, 0.29) is 35.1 Å². The van der Waals surface area contributed by atoms with Crippen LogP contribution in [0.5, 0.6) is 5.19 Å². The maximum absolute atomic E-state index is 13.9. The van der Waals surface area contributed by atoms with E-state index in [1.807, 2.05) is 13.8 Å². The number of aliphatic hydroxyl groups excluding tert-OH is 1. The minimum absolute atomic E-state index is 0.0348. The van der Waals surface area contributed by atoms with Gasteiger partial charge in [0.05, 0.1) is 30.1 Å². The first kappa shape index (κ1) is 21.2. The van der Waals surface area contributed by atoms with Crippen molar-refractivity contribution in [1.82, 2.24) is 19.1 Å². The lowest BCUT2D eigenvalue weighted by Gasteiger charge is -2.17. The van der Waals surface area contributed by atoms with Gasteiger partial charge in [-0.1, -0.05) is 18.3 Å². The molecule has 3 aromatic rings. The summed E-state index contributed by atoms with van der Waals surface area (Å²) in [5.41, 5.74) is 1.27. The Kier molecular flexibility index (Phi) is 5.80. The van der Waals surface area contributed by atoms with Crippen LogP contribution in [0.3, 0.4) is 0 Å². The van der Waals surface area contributed by atoms with Crippen molar-refractivity contribution in [2.24, 2.45) is 5.92 Å². The van der Waals surface area contributed by atoms with Crippen LogP contribution >= 0.6 is 11.3 Å². The number of hydrogen-bond donors (Lipinski definition) is 1. The average Bonchev–Trinajstić information content (AvgIpc) is 3.40. The highest BCUT2D eigenvalue weighted by Crippen LogP contribution is 2.36. The van der Waals surface area contributed by atoms with Gasteiger partial charge >= 0.3 is 0 Å². The van der Waals surface area contributed by atoms with Gasteiger partial charge in [-0.25, -0.2) is 17.8 Å². The first-order valence-electron chi connectivity index (χ1n) is 9.71. The molecule has 1 aromatic carbocycles. The highest BCUT2D eigenvalue weighted by molar-refractivity contribution is 7.91. The Hall–Kier alpha value is -2.08. The normalized spacial score (nSPS) is 20.3. The predicted molar refractivity (Wildman–Crippen MR) is 111 cm³/mol. The van der Waals surface area contributed by atoms with E-state index in [4.69, 9.17) is 4.74 Å². The van der Waals surface area contributed by atoms with E-state index in [9.17, 15) is 17.9 Å². The van der Waals surface area contributed by atoms with Gasteiger partial charge in [-0.15, -0.1) is 0 Å². The summed E-state index contributed by atoms with van der Waals surface area (Å²) in [7, 11) is -3.72. The third kappa shape index (κ3) is 3.70. The molecule has 2 atom stereocenters. The molecule has 162 valence electrons. The molecular formula is C19H23FN4O4S2. The van der Waals surface area contributed by atoms with Crippen molar-refractivity contribution in [2.45, 2.75) is 30.5 Å². The van der Waals surface area contributed by atoms with E-state index in [0.29, 0.717) is 36.0 Å². The third-order valence-electron chi connectivity index (χ3n) is 5.27. The Labute approximate surface area is 178 Å². The fourth-order valence-corrected chi connectivity index (χ4v) is 6.55. The van der Waals surface area contributed by atoms with Gasteiger partial charge in [-0.2, -0.15) is 9.40 Å². The fourth-order valence-electron chi connectivity index (χ4n) is 3.82. The number of halogens is 1. The van der Waals surface area contributed by atoms with Crippen LogP contribution in [-0.4, -0.2) is 58.9 Å². The Morgan fingerprint density at radius 1 is 1.37 bits per heavy atom. The van der Waals surface area contributed by atoms with Gasteiger partial charge in [0.1, 0.15) is 5.82 Å².